The molecule has 1 amide bonds. The van der Waals surface area contributed by atoms with E-state index in [1.807, 2.05) is 24.3 Å². The zero-order valence-corrected chi connectivity index (χ0v) is 15.0. The number of hydrogen-bond donors (Lipinski definition) is 2. The molecule has 1 heterocycles. The van der Waals surface area contributed by atoms with E-state index in [4.69, 9.17) is 4.74 Å². The van der Waals surface area contributed by atoms with Crippen LogP contribution in [0.5, 0.6) is 0 Å². The molecule has 7 heteroatoms. The van der Waals surface area contributed by atoms with Gasteiger partial charge in [-0.2, -0.15) is 0 Å². The molecule has 0 aliphatic carbocycles. The highest BCUT2D eigenvalue weighted by molar-refractivity contribution is 6.02. The molecule has 1 aromatic carbocycles. The van der Waals surface area contributed by atoms with Crippen LogP contribution in [0.15, 0.2) is 36.4 Å². The predicted molar refractivity (Wildman–Crippen MR) is 100 cm³/mol. The lowest BCUT2D eigenvalue weighted by molar-refractivity contribution is 0.102. The Morgan fingerprint density at radius 1 is 1.08 bits per heavy atom. The van der Waals surface area contributed by atoms with Crippen molar-refractivity contribution in [1.82, 2.24) is 10.2 Å². The molecule has 2 rings (SSSR count). The fraction of sp³-hybridized carbons (Fsp3) is 0.389. The Balaban J connectivity index is 1.95. The van der Waals surface area contributed by atoms with Gasteiger partial charge >= 0.3 is 0 Å². The van der Waals surface area contributed by atoms with Crippen LogP contribution in [0.25, 0.3) is 0 Å². The summed E-state index contributed by atoms with van der Waals surface area (Å²) in [5.41, 5.74) is 2.13. The molecular weight excluding hydrogens is 318 g/mol. The van der Waals surface area contributed by atoms with Gasteiger partial charge < -0.3 is 20.3 Å². The van der Waals surface area contributed by atoms with Crippen molar-refractivity contribution in [2.45, 2.75) is 13.8 Å². The number of anilines is 3. The summed E-state index contributed by atoms with van der Waals surface area (Å²) < 4.78 is 4.95. The number of rotatable bonds is 9. The number of benzene rings is 1. The number of hydrogen-bond acceptors (Lipinski definition) is 6. The number of methoxy groups -OCH3 is 1. The van der Waals surface area contributed by atoms with Crippen molar-refractivity contribution in [3.05, 3.63) is 42.1 Å². The van der Waals surface area contributed by atoms with Gasteiger partial charge in [-0.1, -0.05) is 0 Å². The molecule has 1 aromatic heterocycles. The van der Waals surface area contributed by atoms with E-state index < -0.39 is 0 Å². The van der Waals surface area contributed by atoms with Gasteiger partial charge in [0.1, 0.15) is 5.82 Å². The summed E-state index contributed by atoms with van der Waals surface area (Å²) in [5.74, 6) is 0.323. The van der Waals surface area contributed by atoms with Crippen LogP contribution in [-0.2, 0) is 4.74 Å². The average Bonchev–Trinajstić information content (AvgIpc) is 2.65. The van der Waals surface area contributed by atoms with Crippen molar-refractivity contribution in [1.29, 1.82) is 0 Å². The molecule has 0 aliphatic rings. The fourth-order valence-corrected chi connectivity index (χ4v) is 2.37. The lowest BCUT2D eigenvalue weighted by Crippen LogP contribution is -2.21. The van der Waals surface area contributed by atoms with Gasteiger partial charge in [0.15, 0.2) is 5.69 Å². The van der Waals surface area contributed by atoms with E-state index >= 15 is 0 Å². The van der Waals surface area contributed by atoms with E-state index in [9.17, 15) is 4.79 Å². The number of nitrogens with one attached hydrogen (secondary N) is 2. The Bertz CT molecular complexity index is 654. The maximum Gasteiger partial charge on any atom is 0.276 e. The molecule has 134 valence electrons. The minimum atomic E-state index is -0.286. The fourth-order valence-electron chi connectivity index (χ4n) is 2.37. The second kappa shape index (κ2) is 9.58. The van der Waals surface area contributed by atoms with E-state index in [0.717, 1.165) is 24.5 Å². The molecule has 0 saturated carbocycles. The van der Waals surface area contributed by atoms with Crippen LogP contribution >= 0.6 is 0 Å². The molecule has 0 spiro atoms. The van der Waals surface area contributed by atoms with Gasteiger partial charge in [0.25, 0.3) is 5.91 Å². The normalized spacial score (nSPS) is 10.4. The number of amides is 1. The standard InChI is InChI=1S/C18H25N5O2/c1-4-23(5-2)15-8-6-14(7-9-15)20-18(24)16-10-11-17(22-21-16)19-12-13-25-3/h6-11H,4-5,12-13H2,1-3H3,(H,19,22)(H,20,24). The predicted octanol–water partition coefficient (Wildman–Crippen LogP) is 2.63. The summed E-state index contributed by atoms with van der Waals surface area (Å²) in [5, 5.41) is 13.8. The Morgan fingerprint density at radius 2 is 1.80 bits per heavy atom. The third-order valence-electron chi connectivity index (χ3n) is 3.76. The second-order valence-corrected chi connectivity index (χ2v) is 5.40. The van der Waals surface area contributed by atoms with Crippen molar-refractivity contribution in [2.24, 2.45) is 0 Å². The summed E-state index contributed by atoms with van der Waals surface area (Å²) in [6, 6.07) is 11.1. The van der Waals surface area contributed by atoms with Crippen LogP contribution in [0.2, 0.25) is 0 Å². The highest BCUT2D eigenvalue weighted by Crippen LogP contribution is 2.18. The van der Waals surface area contributed by atoms with Crippen LogP contribution in [-0.4, -0.2) is 49.5 Å². The highest BCUT2D eigenvalue weighted by Gasteiger charge is 2.09. The zero-order valence-electron chi connectivity index (χ0n) is 15.0. The summed E-state index contributed by atoms with van der Waals surface area (Å²) >= 11 is 0. The molecule has 0 fully saturated rings. The highest BCUT2D eigenvalue weighted by atomic mass is 16.5. The lowest BCUT2D eigenvalue weighted by atomic mass is 10.2. The van der Waals surface area contributed by atoms with E-state index in [1.165, 1.54) is 0 Å². The Hall–Kier alpha value is -2.67. The maximum atomic E-state index is 12.3. The minimum Gasteiger partial charge on any atom is -0.383 e. The molecule has 25 heavy (non-hydrogen) atoms. The van der Waals surface area contributed by atoms with Crippen LogP contribution < -0.4 is 15.5 Å². The first-order chi connectivity index (χ1) is 12.2. The first-order valence-electron chi connectivity index (χ1n) is 8.40. The summed E-state index contributed by atoms with van der Waals surface area (Å²) in [6.07, 6.45) is 0. The molecule has 0 radical (unpaired) electrons. The number of nitrogens with zero attached hydrogens (tertiary/aromatic N) is 3. The summed E-state index contributed by atoms with van der Waals surface area (Å²) in [6.45, 7) is 7.34. The van der Waals surface area contributed by atoms with Crippen LogP contribution in [0, 0.1) is 0 Å². The summed E-state index contributed by atoms with van der Waals surface area (Å²) in [7, 11) is 1.63. The van der Waals surface area contributed by atoms with Crippen molar-refractivity contribution in [3.8, 4) is 0 Å². The Morgan fingerprint density at radius 3 is 2.36 bits per heavy atom. The number of carbonyl (C=O) groups is 1. The van der Waals surface area contributed by atoms with E-state index in [-0.39, 0.29) is 11.6 Å². The topological polar surface area (TPSA) is 79.4 Å². The smallest absolute Gasteiger partial charge is 0.276 e. The largest absolute Gasteiger partial charge is 0.383 e. The van der Waals surface area contributed by atoms with Gasteiger partial charge in [-0.05, 0) is 50.2 Å². The van der Waals surface area contributed by atoms with Crippen LogP contribution in [0.4, 0.5) is 17.2 Å². The van der Waals surface area contributed by atoms with Crippen molar-refractivity contribution < 1.29 is 9.53 Å². The summed E-state index contributed by atoms with van der Waals surface area (Å²) in [4.78, 5) is 14.5. The first kappa shape index (κ1) is 18.7. The SMILES string of the molecule is CCN(CC)c1ccc(NC(=O)c2ccc(NCCOC)nn2)cc1. The van der Waals surface area contributed by atoms with Crippen molar-refractivity contribution in [3.63, 3.8) is 0 Å². The van der Waals surface area contributed by atoms with Gasteiger partial charge in [0.05, 0.1) is 6.61 Å². The molecule has 0 atom stereocenters. The lowest BCUT2D eigenvalue weighted by Gasteiger charge is -2.21. The van der Waals surface area contributed by atoms with Gasteiger partial charge in [-0.25, -0.2) is 0 Å². The third kappa shape index (κ3) is 5.42. The molecule has 0 saturated heterocycles. The van der Waals surface area contributed by atoms with Gasteiger partial charge in [0, 0.05) is 38.1 Å². The van der Waals surface area contributed by atoms with Gasteiger partial charge in [-0.15, -0.1) is 10.2 Å². The quantitative estimate of drug-likeness (QED) is 0.682. The first-order valence-corrected chi connectivity index (χ1v) is 8.40. The number of aromatic nitrogens is 2. The molecule has 0 aliphatic heterocycles. The van der Waals surface area contributed by atoms with E-state index in [1.54, 1.807) is 19.2 Å². The Kier molecular flexibility index (Phi) is 7.16. The van der Waals surface area contributed by atoms with E-state index in [2.05, 4.69) is 39.6 Å². The monoisotopic (exact) mass is 343 g/mol. The van der Waals surface area contributed by atoms with Crippen molar-refractivity contribution in [2.75, 3.05) is 48.9 Å². The molecule has 0 bridgehead atoms. The maximum absolute atomic E-state index is 12.3. The van der Waals surface area contributed by atoms with Crippen molar-refractivity contribution >= 4 is 23.1 Å². The van der Waals surface area contributed by atoms with Gasteiger partial charge in [-0.3, -0.25) is 4.79 Å². The molecule has 0 unspecified atom stereocenters. The Labute approximate surface area is 148 Å². The number of carbonyl (C=O) groups excluding carboxylic acids is 1. The van der Waals surface area contributed by atoms with Gasteiger partial charge in [0.2, 0.25) is 0 Å². The molecule has 2 N–H and O–H groups in total. The molecule has 2 aromatic rings. The third-order valence-corrected chi connectivity index (χ3v) is 3.76. The zero-order chi connectivity index (χ0) is 18.1. The molecular formula is C18H25N5O2. The van der Waals surface area contributed by atoms with E-state index in [0.29, 0.717) is 19.0 Å². The minimum absolute atomic E-state index is 0.269. The average molecular weight is 343 g/mol. The second-order valence-electron chi connectivity index (χ2n) is 5.40. The molecule has 7 nitrogen and oxygen atoms in total. The van der Waals surface area contributed by atoms with Crippen LogP contribution in [0.3, 0.4) is 0 Å². The number of ether oxygens (including phenoxy) is 1. The van der Waals surface area contributed by atoms with Crippen LogP contribution in [0.1, 0.15) is 24.3 Å².